The van der Waals surface area contributed by atoms with E-state index < -0.39 is 35.5 Å². The first-order valence-electron chi connectivity index (χ1n) is 11.1. The van der Waals surface area contributed by atoms with Gasteiger partial charge in [-0.25, -0.2) is 9.59 Å². The minimum atomic E-state index is -1.12. The number of benzene rings is 2. The van der Waals surface area contributed by atoms with Gasteiger partial charge in [0.2, 0.25) is 5.91 Å². The molecule has 3 aromatic rings. The van der Waals surface area contributed by atoms with Gasteiger partial charge in [0.1, 0.15) is 18.1 Å². The number of amides is 3. The number of nitrogens with zero attached hydrogens (tertiary/aromatic N) is 1. The molecule has 4 rings (SSSR count). The first-order chi connectivity index (χ1) is 18.2. The molecule has 0 saturated carbocycles. The van der Waals surface area contributed by atoms with E-state index in [1.807, 2.05) is 0 Å². The third-order valence-corrected chi connectivity index (χ3v) is 6.48. The molecule has 0 unspecified atom stereocenters. The normalized spacial score (nSPS) is 14.2. The van der Waals surface area contributed by atoms with Crippen LogP contribution in [0, 0.1) is 0 Å². The molecule has 194 valence electrons. The van der Waals surface area contributed by atoms with E-state index in [9.17, 15) is 29.1 Å². The third-order valence-electron chi connectivity index (χ3n) is 5.24. The predicted octanol–water partition coefficient (Wildman–Crippen LogP) is 5.15. The molecule has 2 N–H and O–H groups in total. The molecule has 0 atom stereocenters. The molecule has 2 aromatic carbocycles. The second-order valence-electron chi connectivity index (χ2n) is 7.78. The maximum absolute atomic E-state index is 12.8. The number of thioether (sulfide) groups is 1. The number of nitrogens with one attached hydrogen (secondary N) is 1. The Bertz CT molecular complexity index is 1500. The zero-order valence-electron chi connectivity index (χ0n) is 19.7. The molecule has 10 nitrogen and oxygen atoms in total. The van der Waals surface area contributed by atoms with Crippen molar-refractivity contribution in [3.63, 3.8) is 0 Å². The van der Waals surface area contributed by atoms with Crippen LogP contribution in [0.25, 0.3) is 17.4 Å². The third kappa shape index (κ3) is 5.79. The highest BCUT2D eigenvalue weighted by Crippen LogP contribution is 2.34. The second kappa shape index (κ2) is 11.4. The minimum absolute atomic E-state index is 0.0336. The lowest BCUT2D eigenvalue weighted by atomic mass is 10.1. The number of hydrogen-bond donors (Lipinski definition) is 2. The number of carboxylic acid groups (broad SMARTS) is 1. The molecule has 1 aromatic heterocycles. The Labute approximate surface area is 225 Å². The Morgan fingerprint density at radius 3 is 2.61 bits per heavy atom. The van der Waals surface area contributed by atoms with Crippen LogP contribution in [0.3, 0.4) is 0 Å². The summed E-state index contributed by atoms with van der Waals surface area (Å²) in [5.74, 6) is -2.63. The molecule has 1 fully saturated rings. The van der Waals surface area contributed by atoms with E-state index in [2.05, 4.69) is 5.32 Å². The number of ether oxygens (including phenoxy) is 1. The van der Waals surface area contributed by atoms with Crippen molar-refractivity contribution < 1.29 is 38.2 Å². The number of rotatable bonds is 8. The first kappa shape index (κ1) is 26.7. The zero-order chi connectivity index (χ0) is 27.4. The van der Waals surface area contributed by atoms with Crippen LogP contribution in [0.15, 0.2) is 63.9 Å². The summed E-state index contributed by atoms with van der Waals surface area (Å²) < 4.78 is 10.6. The van der Waals surface area contributed by atoms with Gasteiger partial charge in [-0.05, 0) is 55.1 Å². The lowest BCUT2D eigenvalue weighted by Gasteiger charge is -2.13. The Morgan fingerprint density at radius 2 is 1.87 bits per heavy atom. The summed E-state index contributed by atoms with van der Waals surface area (Å²) in [7, 11) is 0. The number of esters is 1. The van der Waals surface area contributed by atoms with E-state index in [1.165, 1.54) is 36.4 Å². The molecule has 0 aliphatic carbocycles. The molecule has 1 aliphatic rings. The molecular formula is C26H19ClN2O8S. The van der Waals surface area contributed by atoms with Gasteiger partial charge >= 0.3 is 11.9 Å². The van der Waals surface area contributed by atoms with E-state index in [0.717, 1.165) is 4.90 Å². The number of carbonyl (C=O) groups excluding carboxylic acids is 4. The van der Waals surface area contributed by atoms with Gasteiger partial charge in [-0.3, -0.25) is 19.3 Å². The number of halogens is 1. The van der Waals surface area contributed by atoms with E-state index >= 15 is 0 Å². The van der Waals surface area contributed by atoms with Crippen LogP contribution in [-0.4, -0.2) is 52.2 Å². The molecule has 0 spiro atoms. The van der Waals surface area contributed by atoms with Crippen LogP contribution in [0.1, 0.15) is 33.4 Å². The lowest BCUT2D eigenvalue weighted by Crippen LogP contribution is -2.36. The number of carboxylic acids is 1. The van der Waals surface area contributed by atoms with Crippen LogP contribution in [0.5, 0.6) is 0 Å². The van der Waals surface area contributed by atoms with Crippen LogP contribution in [-0.2, 0) is 14.3 Å². The molecule has 38 heavy (non-hydrogen) atoms. The number of anilines is 1. The lowest BCUT2D eigenvalue weighted by molar-refractivity contribution is -0.127. The Balaban J connectivity index is 1.46. The van der Waals surface area contributed by atoms with E-state index in [4.69, 9.17) is 20.8 Å². The van der Waals surface area contributed by atoms with Crippen LogP contribution >= 0.6 is 23.4 Å². The van der Waals surface area contributed by atoms with Crippen molar-refractivity contribution in [1.82, 2.24) is 4.90 Å². The number of imide groups is 1. The topological polar surface area (TPSA) is 143 Å². The van der Waals surface area contributed by atoms with Gasteiger partial charge in [-0.15, -0.1) is 0 Å². The molecule has 1 saturated heterocycles. The largest absolute Gasteiger partial charge is 0.478 e. The predicted molar refractivity (Wildman–Crippen MR) is 140 cm³/mol. The molecule has 2 heterocycles. The summed E-state index contributed by atoms with van der Waals surface area (Å²) in [6.07, 6.45) is 1.35. The second-order valence-corrected chi connectivity index (χ2v) is 9.18. The van der Waals surface area contributed by atoms with Gasteiger partial charge in [-0.1, -0.05) is 29.8 Å². The number of carbonyl (C=O) groups is 5. The number of aromatic carboxylic acids is 1. The van der Waals surface area contributed by atoms with Crippen LogP contribution in [0.4, 0.5) is 10.5 Å². The first-order valence-corrected chi connectivity index (χ1v) is 12.3. The smallest absolute Gasteiger partial charge is 0.339 e. The Hall–Kier alpha value is -4.35. The van der Waals surface area contributed by atoms with Crippen molar-refractivity contribution >= 4 is 64.1 Å². The fraction of sp³-hybridized carbons (Fsp3) is 0.115. The summed E-state index contributed by atoms with van der Waals surface area (Å²) in [6.45, 7) is 1.23. The van der Waals surface area contributed by atoms with Crippen molar-refractivity contribution in [2.24, 2.45) is 0 Å². The minimum Gasteiger partial charge on any atom is -0.478 e. The molecule has 3 amide bonds. The molecular weight excluding hydrogens is 536 g/mol. The Kier molecular flexibility index (Phi) is 7.99. The summed E-state index contributed by atoms with van der Waals surface area (Å²) in [6, 6.07) is 13.6. The highest BCUT2D eigenvalue weighted by Gasteiger charge is 2.36. The van der Waals surface area contributed by atoms with Gasteiger partial charge < -0.3 is 19.6 Å². The van der Waals surface area contributed by atoms with Crippen molar-refractivity contribution in [2.75, 3.05) is 18.5 Å². The molecule has 1 aliphatic heterocycles. The quantitative estimate of drug-likeness (QED) is 0.285. The number of furan rings is 1. The maximum atomic E-state index is 12.8. The van der Waals surface area contributed by atoms with Crippen LogP contribution in [0.2, 0.25) is 5.02 Å². The Morgan fingerprint density at radius 1 is 1.11 bits per heavy atom. The monoisotopic (exact) mass is 554 g/mol. The molecule has 0 bridgehead atoms. The van der Waals surface area contributed by atoms with Gasteiger partial charge in [0, 0.05) is 17.3 Å². The zero-order valence-corrected chi connectivity index (χ0v) is 21.3. The van der Waals surface area contributed by atoms with Gasteiger partial charge in [-0.2, -0.15) is 0 Å². The van der Waals surface area contributed by atoms with Crippen LogP contribution < -0.4 is 5.32 Å². The van der Waals surface area contributed by atoms with Gasteiger partial charge in [0.25, 0.3) is 11.1 Å². The average molecular weight is 555 g/mol. The number of hydrogen-bond acceptors (Lipinski definition) is 8. The summed E-state index contributed by atoms with van der Waals surface area (Å²) in [4.78, 5) is 62.2. The van der Waals surface area contributed by atoms with Crippen molar-refractivity contribution in [3.8, 4) is 11.3 Å². The summed E-state index contributed by atoms with van der Waals surface area (Å²) in [5, 5.41) is 11.4. The standard InChI is InChI=1S/C26H19ClN2O8S/c1-2-36-25(34)18-11-14(7-9-19(18)27)28-22(30)13-29-23(31)21(38-26(29)35)12-15-8-10-20(37-15)16-5-3-4-6-17(16)24(32)33/h3-12H,2,13H2,1H3,(H,28,30)(H,32,33)/b21-12-. The van der Waals surface area contributed by atoms with E-state index in [0.29, 0.717) is 17.3 Å². The SMILES string of the molecule is CCOC(=O)c1cc(NC(=O)CN2C(=O)S/C(=C\c3ccc(-c4ccccc4C(=O)O)o3)C2=O)ccc1Cl. The summed E-state index contributed by atoms with van der Waals surface area (Å²) >= 11 is 6.66. The van der Waals surface area contributed by atoms with E-state index in [-0.39, 0.29) is 44.9 Å². The fourth-order valence-electron chi connectivity index (χ4n) is 3.54. The highest BCUT2D eigenvalue weighted by molar-refractivity contribution is 8.18. The molecule has 12 heteroatoms. The van der Waals surface area contributed by atoms with E-state index in [1.54, 1.807) is 31.2 Å². The fourth-order valence-corrected chi connectivity index (χ4v) is 4.55. The summed E-state index contributed by atoms with van der Waals surface area (Å²) in [5.41, 5.74) is 0.700. The maximum Gasteiger partial charge on any atom is 0.339 e. The van der Waals surface area contributed by atoms with Crippen molar-refractivity contribution in [3.05, 3.63) is 81.4 Å². The van der Waals surface area contributed by atoms with Gasteiger partial charge in [0.15, 0.2) is 0 Å². The highest BCUT2D eigenvalue weighted by atomic mass is 35.5. The average Bonchev–Trinajstić information content (AvgIpc) is 3.45. The van der Waals surface area contributed by atoms with Crippen molar-refractivity contribution in [2.45, 2.75) is 6.92 Å². The molecule has 0 radical (unpaired) electrons. The van der Waals surface area contributed by atoms with Crippen molar-refractivity contribution in [1.29, 1.82) is 0 Å². The van der Waals surface area contributed by atoms with Gasteiger partial charge in [0.05, 0.1) is 27.7 Å².